The predicted molar refractivity (Wildman–Crippen MR) is 104 cm³/mol. The van der Waals surface area contributed by atoms with E-state index in [2.05, 4.69) is 16.8 Å². The average molecular weight is 351 g/mol. The number of benzene rings is 1. The van der Waals surface area contributed by atoms with E-state index in [1.165, 1.54) is 0 Å². The topological polar surface area (TPSA) is 67.0 Å². The van der Waals surface area contributed by atoms with Gasteiger partial charge in [-0.1, -0.05) is 13.3 Å². The van der Waals surface area contributed by atoms with Gasteiger partial charge in [0.1, 0.15) is 17.4 Å². The van der Waals surface area contributed by atoms with Gasteiger partial charge in [0.15, 0.2) is 0 Å². The Labute approximate surface area is 154 Å². The smallest absolute Gasteiger partial charge is 0.266 e. The number of aromatic nitrogens is 1. The van der Waals surface area contributed by atoms with Crippen molar-refractivity contribution in [2.75, 3.05) is 12.4 Å². The maximum absolute atomic E-state index is 12.4. The molecule has 2 aromatic rings. The molecule has 0 aliphatic heterocycles. The van der Waals surface area contributed by atoms with E-state index in [9.17, 15) is 10.1 Å². The maximum atomic E-state index is 12.4. The Hall–Kier alpha value is -3.00. The number of methoxy groups -OCH3 is 1. The summed E-state index contributed by atoms with van der Waals surface area (Å²) in [5, 5.41) is 12.2. The van der Waals surface area contributed by atoms with Crippen LogP contribution in [0.3, 0.4) is 0 Å². The molecule has 5 nitrogen and oxygen atoms in total. The van der Waals surface area contributed by atoms with Gasteiger partial charge in [-0.25, -0.2) is 0 Å². The van der Waals surface area contributed by atoms with Gasteiger partial charge < -0.3 is 14.6 Å². The van der Waals surface area contributed by atoms with Crippen LogP contribution in [0.15, 0.2) is 35.9 Å². The molecule has 1 aromatic carbocycles. The fourth-order valence-corrected chi connectivity index (χ4v) is 2.81. The van der Waals surface area contributed by atoms with Crippen molar-refractivity contribution in [1.82, 2.24) is 4.57 Å². The number of amides is 1. The number of aryl methyl sites for hydroxylation is 1. The lowest BCUT2D eigenvalue weighted by atomic mass is 10.1. The summed E-state index contributed by atoms with van der Waals surface area (Å²) in [5.41, 5.74) is 3.80. The molecule has 1 aromatic heterocycles. The molecule has 26 heavy (non-hydrogen) atoms. The van der Waals surface area contributed by atoms with Gasteiger partial charge in [-0.05, 0) is 62.2 Å². The summed E-state index contributed by atoms with van der Waals surface area (Å²) in [5.74, 6) is 0.287. The fraction of sp³-hybridized carbons (Fsp3) is 0.333. The zero-order chi connectivity index (χ0) is 19.1. The third-order valence-corrected chi connectivity index (χ3v) is 4.36. The SMILES string of the molecule is CCCCn1c(C)cc(/C=C(\C#N)C(=O)Nc2ccc(OC)cc2)c1C. The molecule has 136 valence electrons. The molecule has 1 heterocycles. The van der Waals surface area contributed by atoms with Crippen LogP contribution in [-0.4, -0.2) is 17.6 Å². The highest BCUT2D eigenvalue weighted by molar-refractivity contribution is 6.09. The van der Waals surface area contributed by atoms with E-state index in [4.69, 9.17) is 4.74 Å². The standard InChI is InChI=1S/C21H25N3O2/c1-5-6-11-24-15(2)12-17(16(24)3)13-18(14-22)21(25)23-19-7-9-20(26-4)10-8-19/h7-10,12-13H,5-6,11H2,1-4H3,(H,23,25)/b18-13+. The largest absolute Gasteiger partial charge is 0.497 e. The molecule has 0 radical (unpaired) electrons. The predicted octanol–water partition coefficient (Wildman–Crippen LogP) is 4.46. The van der Waals surface area contributed by atoms with Crippen molar-refractivity contribution in [2.24, 2.45) is 0 Å². The molecule has 0 aliphatic carbocycles. The molecule has 0 saturated carbocycles. The summed E-state index contributed by atoms with van der Waals surface area (Å²) in [4.78, 5) is 12.4. The lowest BCUT2D eigenvalue weighted by Gasteiger charge is -2.08. The highest BCUT2D eigenvalue weighted by atomic mass is 16.5. The van der Waals surface area contributed by atoms with E-state index >= 15 is 0 Å². The first-order chi connectivity index (χ1) is 12.5. The van der Waals surface area contributed by atoms with Gasteiger partial charge in [-0.3, -0.25) is 4.79 Å². The lowest BCUT2D eigenvalue weighted by Crippen LogP contribution is -2.13. The van der Waals surface area contributed by atoms with Gasteiger partial charge in [0.05, 0.1) is 7.11 Å². The molecular formula is C21H25N3O2. The Bertz CT molecular complexity index is 839. The quantitative estimate of drug-likeness (QED) is 0.591. The minimum atomic E-state index is -0.420. The van der Waals surface area contributed by atoms with Gasteiger partial charge >= 0.3 is 0 Å². The summed E-state index contributed by atoms with van der Waals surface area (Å²) in [6.07, 6.45) is 3.88. The van der Waals surface area contributed by atoms with Crippen molar-refractivity contribution in [3.63, 3.8) is 0 Å². The third-order valence-electron chi connectivity index (χ3n) is 4.36. The van der Waals surface area contributed by atoms with Crippen molar-refractivity contribution < 1.29 is 9.53 Å². The number of carbonyl (C=O) groups excluding carboxylic acids is 1. The normalized spacial score (nSPS) is 11.1. The summed E-state index contributed by atoms with van der Waals surface area (Å²) in [7, 11) is 1.58. The second kappa shape index (κ2) is 8.91. The first-order valence-electron chi connectivity index (χ1n) is 8.74. The van der Waals surface area contributed by atoms with Gasteiger partial charge in [0.2, 0.25) is 0 Å². The zero-order valence-electron chi connectivity index (χ0n) is 15.8. The number of nitrogens with one attached hydrogen (secondary N) is 1. The molecular weight excluding hydrogens is 326 g/mol. The Balaban J connectivity index is 2.21. The first-order valence-corrected chi connectivity index (χ1v) is 8.74. The Morgan fingerprint density at radius 2 is 2.00 bits per heavy atom. The van der Waals surface area contributed by atoms with E-state index in [0.29, 0.717) is 11.4 Å². The number of nitriles is 1. The molecule has 0 atom stereocenters. The molecule has 1 N–H and O–H groups in total. The molecule has 1 amide bonds. The van der Waals surface area contributed by atoms with Crippen molar-refractivity contribution in [1.29, 1.82) is 5.26 Å². The van der Waals surface area contributed by atoms with Crippen LogP contribution in [0.2, 0.25) is 0 Å². The first kappa shape index (κ1) is 19.3. The van der Waals surface area contributed by atoms with Crippen LogP contribution in [-0.2, 0) is 11.3 Å². The summed E-state index contributed by atoms with van der Waals surface area (Å²) < 4.78 is 7.33. The van der Waals surface area contributed by atoms with Crippen LogP contribution in [0.1, 0.15) is 36.7 Å². The van der Waals surface area contributed by atoms with E-state index in [1.54, 1.807) is 37.5 Å². The average Bonchev–Trinajstić information content (AvgIpc) is 2.91. The molecule has 0 aliphatic rings. The second-order valence-corrected chi connectivity index (χ2v) is 6.18. The van der Waals surface area contributed by atoms with Crippen LogP contribution in [0.4, 0.5) is 5.69 Å². The number of anilines is 1. The second-order valence-electron chi connectivity index (χ2n) is 6.18. The Kier molecular flexibility index (Phi) is 6.62. The van der Waals surface area contributed by atoms with Crippen LogP contribution in [0, 0.1) is 25.2 Å². The molecule has 0 fully saturated rings. The minimum absolute atomic E-state index is 0.0801. The summed E-state index contributed by atoms with van der Waals surface area (Å²) in [6, 6.07) is 11.0. The van der Waals surface area contributed by atoms with Crippen molar-refractivity contribution in [3.8, 4) is 11.8 Å². The molecule has 0 spiro atoms. The third kappa shape index (κ3) is 4.54. The van der Waals surface area contributed by atoms with Gasteiger partial charge in [0, 0.05) is 23.6 Å². The van der Waals surface area contributed by atoms with E-state index in [1.807, 2.05) is 26.0 Å². The zero-order valence-corrected chi connectivity index (χ0v) is 15.8. The Morgan fingerprint density at radius 1 is 1.31 bits per heavy atom. The minimum Gasteiger partial charge on any atom is -0.497 e. The number of nitrogens with zero attached hydrogens (tertiary/aromatic N) is 2. The number of hydrogen-bond donors (Lipinski definition) is 1. The molecule has 5 heteroatoms. The number of unbranched alkanes of at least 4 members (excludes halogenated alkanes) is 1. The van der Waals surface area contributed by atoms with Gasteiger partial charge in [-0.2, -0.15) is 5.26 Å². The highest BCUT2D eigenvalue weighted by Crippen LogP contribution is 2.20. The van der Waals surface area contributed by atoms with Gasteiger partial charge in [-0.15, -0.1) is 0 Å². The molecule has 2 rings (SSSR count). The van der Waals surface area contributed by atoms with Gasteiger partial charge in [0.25, 0.3) is 5.91 Å². The fourth-order valence-electron chi connectivity index (χ4n) is 2.81. The lowest BCUT2D eigenvalue weighted by molar-refractivity contribution is -0.112. The maximum Gasteiger partial charge on any atom is 0.266 e. The van der Waals surface area contributed by atoms with Crippen molar-refractivity contribution >= 4 is 17.7 Å². The van der Waals surface area contributed by atoms with Crippen molar-refractivity contribution in [2.45, 2.75) is 40.2 Å². The van der Waals surface area contributed by atoms with Crippen LogP contribution < -0.4 is 10.1 Å². The van der Waals surface area contributed by atoms with Crippen molar-refractivity contribution in [3.05, 3.63) is 52.9 Å². The monoisotopic (exact) mass is 351 g/mol. The van der Waals surface area contributed by atoms with Crippen LogP contribution in [0.25, 0.3) is 6.08 Å². The number of hydrogen-bond acceptors (Lipinski definition) is 3. The summed E-state index contributed by atoms with van der Waals surface area (Å²) in [6.45, 7) is 7.17. The molecule has 0 bridgehead atoms. The van der Waals surface area contributed by atoms with Crippen LogP contribution in [0.5, 0.6) is 5.75 Å². The summed E-state index contributed by atoms with van der Waals surface area (Å²) >= 11 is 0. The molecule has 0 saturated heterocycles. The van der Waals surface area contributed by atoms with E-state index in [-0.39, 0.29) is 5.57 Å². The van der Waals surface area contributed by atoms with E-state index in [0.717, 1.165) is 36.3 Å². The highest BCUT2D eigenvalue weighted by Gasteiger charge is 2.13. The number of ether oxygens (including phenoxy) is 1. The molecule has 0 unspecified atom stereocenters. The van der Waals surface area contributed by atoms with E-state index < -0.39 is 5.91 Å². The Morgan fingerprint density at radius 3 is 2.58 bits per heavy atom. The number of carbonyl (C=O) groups is 1. The number of rotatable bonds is 7. The van der Waals surface area contributed by atoms with Crippen LogP contribution >= 0.6 is 0 Å².